The molecule has 3 aromatic rings. The van der Waals surface area contributed by atoms with Gasteiger partial charge in [-0.25, -0.2) is 9.38 Å². The molecule has 4 nitrogen and oxygen atoms in total. The molecule has 0 fully saturated rings. The fraction of sp³-hybridized carbons (Fsp3) is 0.0476. The summed E-state index contributed by atoms with van der Waals surface area (Å²) in [7, 11) is 0. The van der Waals surface area contributed by atoms with Gasteiger partial charge in [-0.15, -0.1) is 11.3 Å². The Labute approximate surface area is 173 Å². The van der Waals surface area contributed by atoms with Gasteiger partial charge in [-0.2, -0.15) is 13.2 Å². The number of nitrogens with two attached hydrogens (primary N) is 1. The lowest BCUT2D eigenvalue weighted by Crippen LogP contribution is -2.11. The van der Waals surface area contributed by atoms with Gasteiger partial charge in [-0.1, -0.05) is 24.3 Å². The molecule has 0 radical (unpaired) electrons. The van der Waals surface area contributed by atoms with Crippen LogP contribution in [0.15, 0.2) is 71.0 Å². The maximum atomic E-state index is 14.1. The Balaban J connectivity index is 1.78. The summed E-state index contributed by atoms with van der Waals surface area (Å²) in [5, 5.41) is 4.13. The zero-order valence-corrected chi connectivity index (χ0v) is 16.1. The number of amidine groups is 1. The van der Waals surface area contributed by atoms with Crippen molar-refractivity contribution < 1.29 is 22.4 Å². The second-order valence-electron chi connectivity index (χ2n) is 6.05. The first-order chi connectivity index (χ1) is 14.2. The molecule has 0 saturated carbocycles. The minimum Gasteiger partial charge on any atom is -0.383 e. The van der Waals surface area contributed by atoms with E-state index in [1.165, 1.54) is 41.7 Å². The SMILES string of the molecule is NC(=Nc1ccc(F)c(NC(=O)/C=C/c2ccccc2C(F)(F)F)c1)c1cccs1. The highest BCUT2D eigenvalue weighted by molar-refractivity contribution is 7.12. The first-order valence-corrected chi connectivity index (χ1v) is 9.45. The van der Waals surface area contributed by atoms with Crippen molar-refractivity contribution in [3.05, 3.63) is 87.9 Å². The predicted molar refractivity (Wildman–Crippen MR) is 110 cm³/mol. The molecule has 154 valence electrons. The zero-order chi connectivity index (χ0) is 21.7. The lowest BCUT2D eigenvalue weighted by atomic mass is 10.1. The highest BCUT2D eigenvalue weighted by Crippen LogP contribution is 2.32. The second kappa shape index (κ2) is 8.91. The van der Waals surface area contributed by atoms with Gasteiger partial charge in [0, 0.05) is 6.08 Å². The topological polar surface area (TPSA) is 67.5 Å². The molecule has 0 bridgehead atoms. The maximum Gasteiger partial charge on any atom is 0.416 e. The van der Waals surface area contributed by atoms with E-state index in [1.54, 1.807) is 6.07 Å². The predicted octanol–water partition coefficient (Wildman–Crippen LogP) is 5.59. The summed E-state index contributed by atoms with van der Waals surface area (Å²) in [6.07, 6.45) is -2.63. The van der Waals surface area contributed by atoms with Crippen LogP contribution >= 0.6 is 11.3 Å². The van der Waals surface area contributed by atoms with E-state index in [0.29, 0.717) is 5.69 Å². The van der Waals surface area contributed by atoms with Gasteiger partial charge in [0.1, 0.15) is 11.7 Å². The number of nitrogens with one attached hydrogen (secondary N) is 1. The lowest BCUT2D eigenvalue weighted by molar-refractivity contribution is -0.137. The van der Waals surface area contributed by atoms with Crippen LogP contribution in [0.4, 0.5) is 28.9 Å². The number of benzene rings is 2. The van der Waals surface area contributed by atoms with Crippen molar-refractivity contribution >= 4 is 40.5 Å². The number of amides is 1. The summed E-state index contributed by atoms with van der Waals surface area (Å²) in [5.41, 5.74) is 4.98. The lowest BCUT2D eigenvalue weighted by Gasteiger charge is -2.09. The Hall–Kier alpha value is -3.46. The van der Waals surface area contributed by atoms with Crippen molar-refractivity contribution in [2.24, 2.45) is 10.7 Å². The summed E-state index contributed by atoms with van der Waals surface area (Å²) < 4.78 is 53.1. The van der Waals surface area contributed by atoms with Gasteiger partial charge >= 0.3 is 6.18 Å². The summed E-state index contributed by atoms with van der Waals surface area (Å²) in [6, 6.07) is 12.2. The third kappa shape index (κ3) is 5.32. The molecule has 0 saturated heterocycles. The molecule has 1 heterocycles. The molecule has 0 spiro atoms. The number of anilines is 1. The van der Waals surface area contributed by atoms with Crippen molar-refractivity contribution in [3.63, 3.8) is 0 Å². The molecule has 0 atom stereocenters. The number of halogens is 4. The molecular formula is C21H15F4N3OS. The summed E-state index contributed by atoms with van der Waals surface area (Å²) in [4.78, 5) is 17.0. The Morgan fingerprint density at radius 2 is 1.87 bits per heavy atom. The van der Waals surface area contributed by atoms with Gasteiger partial charge in [0.2, 0.25) is 5.91 Å². The van der Waals surface area contributed by atoms with Crippen LogP contribution < -0.4 is 11.1 Å². The van der Waals surface area contributed by atoms with Crippen LogP contribution in [0, 0.1) is 5.82 Å². The Kier molecular flexibility index (Phi) is 6.31. The van der Waals surface area contributed by atoms with Crippen molar-refractivity contribution in [1.29, 1.82) is 0 Å². The van der Waals surface area contributed by atoms with Gasteiger partial charge < -0.3 is 11.1 Å². The fourth-order valence-electron chi connectivity index (χ4n) is 2.54. The summed E-state index contributed by atoms with van der Waals surface area (Å²) in [5.74, 6) is -1.28. The number of rotatable bonds is 5. The van der Waals surface area contributed by atoms with Crippen molar-refractivity contribution in [2.45, 2.75) is 6.18 Å². The van der Waals surface area contributed by atoms with E-state index >= 15 is 0 Å². The molecule has 2 aromatic carbocycles. The quantitative estimate of drug-likeness (QED) is 0.238. The average molecular weight is 433 g/mol. The third-order valence-corrected chi connectivity index (χ3v) is 4.80. The molecule has 0 aliphatic carbocycles. The Morgan fingerprint density at radius 1 is 1.10 bits per heavy atom. The van der Waals surface area contributed by atoms with E-state index in [0.717, 1.165) is 29.2 Å². The molecule has 1 aromatic heterocycles. The third-order valence-electron chi connectivity index (χ3n) is 3.91. The number of nitrogens with zero attached hydrogens (tertiary/aromatic N) is 1. The number of carbonyl (C=O) groups excluding carboxylic acids is 1. The zero-order valence-electron chi connectivity index (χ0n) is 15.3. The van der Waals surface area contributed by atoms with Crippen LogP contribution in [0.1, 0.15) is 16.0 Å². The molecule has 9 heteroatoms. The number of carbonyl (C=O) groups is 1. The van der Waals surface area contributed by atoms with Crippen LogP contribution in [-0.2, 0) is 11.0 Å². The number of aliphatic imine (C=N–C) groups is 1. The molecule has 1 amide bonds. The number of hydrogen-bond acceptors (Lipinski definition) is 3. The number of alkyl halides is 3. The van der Waals surface area contributed by atoms with E-state index in [9.17, 15) is 22.4 Å². The Bertz CT molecular complexity index is 1110. The monoisotopic (exact) mass is 433 g/mol. The fourth-order valence-corrected chi connectivity index (χ4v) is 3.16. The smallest absolute Gasteiger partial charge is 0.383 e. The normalized spacial score (nSPS) is 12.3. The van der Waals surface area contributed by atoms with E-state index in [2.05, 4.69) is 10.3 Å². The van der Waals surface area contributed by atoms with Crippen LogP contribution in [0.2, 0.25) is 0 Å². The van der Waals surface area contributed by atoms with Crippen molar-refractivity contribution in [2.75, 3.05) is 5.32 Å². The van der Waals surface area contributed by atoms with Gasteiger partial charge in [-0.05, 0) is 47.4 Å². The van der Waals surface area contributed by atoms with E-state index in [-0.39, 0.29) is 17.1 Å². The highest BCUT2D eigenvalue weighted by Gasteiger charge is 2.32. The van der Waals surface area contributed by atoms with E-state index < -0.39 is 23.5 Å². The minimum atomic E-state index is -4.56. The van der Waals surface area contributed by atoms with E-state index in [4.69, 9.17) is 5.73 Å². The molecule has 30 heavy (non-hydrogen) atoms. The van der Waals surface area contributed by atoms with Crippen LogP contribution in [0.5, 0.6) is 0 Å². The highest BCUT2D eigenvalue weighted by atomic mass is 32.1. The summed E-state index contributed by atoms with van der Waals surface area (Å²) >= 11 is 1.39. The largest absolute Gasteiger partial charge is 0.416 e. The molecule has 3 rings (SSSR count). The van der Waals surface area contributed by atoms with Gasteiger partial charge in [0.15, 0.2) is 0 Å². The van der Waals surface area contributed by atoms with Crippen LogP contribution in [-0.4, -0.2) is 11.7 Å². The summed E-state index contributed by atoms with van der Waals surface area (Å²) in [6.45, 7) is 0. The van der Waals surface area contributed by atoms with Crippen LogP contribution in [0.3, 0.4) is 0 Å². The molecule has 0 unspecified atom stereocenters. The molecule has 3 N–H and O–H groups in total. The molecule has 0 aliphatic heterocycles. The molecule has 0 aliphatic rings. The van der Waals surface area contributed by atoms with Gasteiger partial charge in [0.05, 0.1) is 21.8 Å². The van der Waals surface area contributed by atoms with E-state index in [1.807, 2.05) is 11.4 Å². The Morgan fingerprint density at radius 3 is 2.57 bits per heavy atom. The minimum absolute atomic E-state index is 0.172. The number of hydrogen-bond donors (Lipinski definition) is 2. The number of thiophene rings is 1. The average Bonchev–Trinajstić information content (AvgIpc) is 3.23. The second-order valence-corrected chi connectivity index (χ2v) is 6.99. The van der Waals surface area contributed by atoms with Crippen LogP contribution in [0.25, 0.3) is 6.08 Å². The van der Waals surface area contributed by atoms with Crippen molar-refractivity contribution in [3.8, 4) is 0 Å². The first-order valence-electron chi connectivity index (χ1n) is 8.57. The standard InChI is InChI=1S/C21H15F4N3OS/c22-16-9-8-14(27-20(26)18-6-3-11-30-18)12-17(16)28-19(29)10-7-13-4-1-2-5-15(13)21(23,24)25/h1-12H,(H2,26,27)(H,28,29)/b10-7+. The first kappa shape index (κ1) is 21.3. The van der Waals surface area contributed by atoms with Crippen molar-refractivity contribution in [1.82, 2.24) is 0 Å². The van der Waals surface area contributed by atoms with Gasteiger partial charge in [0.25, 0.3) is 0 Å². The van der Waals surface area contributed by atoms with Gasteiger partial charge in [-0.3, -0.25) is 4.79 Å². The molecular weight excluding hydrogens is 418 g/mol. The maximum absolute atomic E-state index is 14.1.